The summed E-state index contributed by atoms with van der Waals surface area (Å²) < 4.78 is 4.81. The van der Waals surface area contributed by atoms with Gasteiger partial charge in [0.15, 0.2) is 0 Å². The summed E-state index contributed by atoms with van der Waals surface area (Å²) in [5, 5.41) is 2.55. The van der Waals surface area contributed by atoms with E-state index in [0.717, 1.165) is 6.42 Å². The Labute approximate surface area is 136 Å². The fourth-order valence-corrected chi connectivity index (χ4v) is 2.37. The van der Waals surface area contributed by atoms with Crippen molar-refractivity contribution in [3.05, 3.63) is 35.4 Å². The number of nitrogens with two attached hydrogens (primary N) is 1. The fraction of sp³-hybridized carbons (Fsp3) is 0.467. The molecule has 2 rings (SSSR count). The molecule has 0 saturated carbocycles. The van der Waals surface area contributed by atoms with E-state index in [9.17, 15) is 9.59 Å². The standard InChI is InChI=1S/C15H21N3O3.ClH/c1-21-10-13(16)15(20)17-8-14(19)18-7-6-11-4-2-3-5-12(11)9-18;/h2-5,13H,6-10,16H2,1H3,(H,17,20);1H. The number of halogens is 1. The maximum absolute atomic E-state index is 12.1. The molecule has 0 radical (unpaired) electrons. The van der Waals surface area contributed by atoms with Gasteiger partial charge < -0.3 is 20.7 Å². The Morgan fingerprint density at radius 2 is 2.05 bits per heavy atom. The summed E-state index contributed by atoms with van der Waals surface area (Å²) in [6.45, 7) is 1.38. The number of nitrogens with one attached hydrogen (secondary N) is 1. The lowest BCUT2D eigenvalue weighted by molar-refractivity contribution is -0.134. The van der Waals surface area contributed by atoms with E-state index in [-0.39, 0.29) is 37.4 Å². The normalized spacial score (nSPS) is 14.5. The molecule has 0 fully saturated rings. The van der Waals surface area contributed by atoms with Crippen LogP contribution in [0.15, 0.2) is 24.3 Å². The molecule has 1 aliphatic rings. The zero-order chi connectivity index (χ0) is 15.2. The van der Waals surface area contributed by atoms with Gasteiger partial charge in [0.2, 0.25) is 11.8 Å². The minimum atomic E-state index is -0.745. The summed E-state index contributed by atoms with van der Waals surface area (Å²) >= 11 is 0. The van der Waals surface area contributed by atoms with Crippen molar-refractivity contribution < 1.29 is 14.3 Å². The first-order chi connectivity index (χ1) is 10.1. The van der Waals surface area contributed by atoms with Gasteiger partial charge in [-0.3, -0.25) is 9.59 Å². The highest BCUT2D eigenvalue weighted by Crippen LogP contribution is 2.18. The van der Waals surface area contributed by atoms with Crippen molar-refractivity contribution in [2.45, 2.75) is 19.0 Å². The second-order valence-corrected chi connectivity index (χ2v) is 5.11. The summed E-state index contributed by atoms with van der Waals surface area (Å²) in [6.07, 6.45) is 0.846. The second kappa shape index (κ2) is 8.73. The van der Waals surface area contributed by atoms with Crippen LogP contribution in [0, 0.1) is 0 Å². The Hall–Kier alpha value is -1.63. The minimum absolute atomic E-state index is 0. The quantitative estimate of drug-likeness (QED) is 0.802. The molecule has 2 amide bonds. The van der Waals surface area contributed by atoms with Crippen molar-refractivity contribution >= 4 is 24.2 Å². The molecular formula is C15H22ClN3O3. The number of nitrogens with zero attached hydrogens (tertiary/aromatic N) is 1. The molecule has 1 atom stereocenters. The van der Waals surface area contributed by atoms with Crippen molar-refractivity contribution in [2.24, 2.45) is 5.73 Å². The maximum Gasteiger partial charge on any atom is 0.242 e. The SMILES string of the molecule is COCC(N)C(=O)NCC(=O)N1CCc2ccccc2C1.Cl. The third-order valence-corrected chi connectivity index (χ3v) is 3.58. The Balaban J connectivity index is 0.00000242. The van der Waals surface area contributed by atoms with E-state index in [1.807, 2.05) is 18.2 Å². The fourth-order valence-electron chi connectivity index (χ4n) is 2.37. The molecule has 0 aliphatic carbocycles. The lowest BCUT2D eigenvalue weighted by atomic mass is 10.00. The summed E-state index contributed by atoms with van der Waals surface area (Å²) in [7, 11) is 1.48. The largest absolute Gasteiger partial charge is 0.383 e. The van der Waals surface area contributed by atoms with Gasteiger partial charge in [-0.15, -0.1) is 12.4 Å². The number of amides is 2. The lowest BCUT2D eigenvalue weighted by Crippen LogP contribution is -2.48. The molecule has 22 heavy (non-hydrogen) atoms. The molecule has 1 aliphatic heterocycles. The Morgan fingerprint density at radius 3 is 2.73 bits per heavy atom. The Morgan fingerprint density at radius 1 is 1.36 bits per heavy atom. The van der Waals surface area contributed by atoms with Gasteiger partial charge in [0, 0.05) is 20.2 Å². The predicted molar refractivity (Wildman–Crippen MR) is 85.7 cm³/mol. The van der Waals surface area contributed by atoms with Crippen molar-refractivity contribution in [3.63, 3.8) is 0 Å². The highest BCUT2D eigenvalue weighted by molar-refractivity contribution is 5.87. The number of methoxy groups -OCH3 is 1. The number of hydrogen-bond donors (Lipinski definition) is 2. The predicted octanol–water partition coefficient (Wildman–Crippen LogP) is 0.0830. The van der Waals surface area contributed by atoms with Crippen LogP contribution in [0.2, 0.25) is 0 Å². The number of ether oxygens (including phenoxy) is 1. The van der Waals surface area contributed by atoms with Crippen molar-refractivity contribution in [2.75, 3.05) is 26.8 Å². The van der Waals surface area contributed by atoms with E-state index in [4.69, 9.17) is 10.5 Å². The van der Waals surface area contributed by atoms with Crippen LogP contribution in [-0.4, -0.2) is 49.6 Å². The number of carbonyl (C=O) groups is 2. The first-order valence-corrected chi connectivity index (χ1v) is 6.98. The zero-order valence-corrected chi connectivity index (χ0v) is 13.4. The molecule has 1 aromatic rings. The van der Waals surface area contributed by atoms with E-state index >= 15 is 0 Å². The van der Waals surface area contributed by atoms with Crippen LogP contribution < -0.4 is 11.1 Å². The van der Waals surface area contributed by atoms with Crippen LogP contribution in [0.1, 0.15) is 11.1 Å². The van der Waals surface area contributed by atoms with E-state index in [1.54, 1.807) is 4.90 Å². The molecule has 0 aromatic heterocycles. The Bertz CT molecular complexity index is 525. The second-order valence-electron chi connectivity index (χ2n) is 5.11. The molecule has 3 N–H and O–H groups in total. The van der Waals surface area contributed by atoms with Crippen LogP contribution in [-0.2, 0) is 27.3 Å². The van der Waals surface area contributed by atoms with Gasteiger partial charge in [-0.2, -0.15) is 0 Å². The third-order valence-electron chi connectivity index (χ3n) is 3.58. The lowest BCUT2D eigenvalue weighted by Gasteiger charge is -2.29. The number of rotatable bonds is 5. The van der Waals surface area contributed by atoms with Gasteiger partial charge in [-0.05, 0) is 17.5 Å². The molecule has 122 valence electrons. The van der Waals surface area contributed by atoms with Crippen LogP contribution in [0.5, 0.6) is 0 Å². The average Bonchev–Trinajstić information content (AvgIpc) is 2.52. The van der Waals surface area contributed by atoms with Crippen LogP contribution in [0.25, 0.3) is 0 Å². The summed E-state index contributed by atoms with van der Waals surface area (Å²) in [5.41, 5.74) is 8.04. The van der Waals surface area contributed by atoms with Crippen LogP contribution in [0.3, 0.4) is 0 Å². The van der Waals surface area contributed by atoms with Gasteiger partial charge in [-0.25, -0.2) is 0 Å². The summed E-state index contributed by atoms with van der Waals surface area (Å²) in [4.78, 5) is 25.5. The summed E-state index contributed by atoms with van der Waals surface area (Å²) in [5.74, 6) is -0.468. The first kappa shape index (κ1) is 18.4. The molecule has 7 heteroatoms. The summed E-state index contributed by atoms with van der Waals surface area (Å²) in [6, 6.07) is 7.35. The smallest absolute Gasteiger partial charge is 0.242 e. The highest BCUT2D eigenvalue weighted by atomic mass is 35.5. The molecule has 1 unspecified atom stereocenters. The average molecular weight is 328 g/mol. The van der Waals surface area contributed by atoms with E-state index in [2.05, 4.69) is 11.4 Å². The topological polar surface area (TPSA) is 84.7 Å². The molecular weight excluding hydrogens is 306 g/mol. The van der Waals surface area contributed by atoms with Gasteiger partial charge >= 0.3 is 0 Å². The zero-order valence-electron chi connectivity index (χ0n) is 12.6. The van der Waals surface area contributed by atoms with Gasteiger partial charge in [0.25, 0.3) is 0 Å². The molecule has 6 nitrogen and oxygen atoms in total. The van der Waals surface area contributed by atoms with Crippen molar-refractivity contribution in [3.8, 4) is 0 Å². The number of benzene rings is 1. The third kappa shape index (κ3) is 4.69. The number of hydrogen-bond acceptors (Lipinski definition) is 4. The van der Waals surface area contributed by atoms with E-state index in [1.165, 1.54) is 18.2 Å². The van der Waals surface area contributed by atoms with Gasteiger partial charge in [-0.1, -0.05) is 24.3 Å². The van der Waals surface area contributed by atoms with Gasteiger partial charge in [0.05, 0.1) is 13.2 Å². The Kier molecular flexibility index (Phi) is 7.31. The number of carbonyl (C=O) groups excluding carboxylic acids is 2. The molecule has 0 spiro atoms. The maximum atomic E-state index is 12.1. The van der Waals surface area contributed by atoms with Crippen LogP contribution >= 0.6 is 12.4 Å². The number of fused-ring (bicyclic) bond motifs is 1. The molecule has 0 saturated heterocycles. The van der Waals surface area contributed by atoms with Crippen molar-refractivity contribution in [1.29, 1.82) is 0 Å². The van der Waals surface area contributed by atoms with E-state index < -0.39 is 6.04 Å². The van der Waals surface area contributed by atoms with E-state index in [0.29, 0.717) is 13.1 Å². The van der Waals surface area contributed by atoms with Crippen molar-refractivity contribution in [1.82, 2.24) is 10.2 Å². The monoisotopic (exact) mass is 327 g/mol. The highest BCUT2D eigenvalue weighted by Gasteiger charge is 2.21. The minimum Gasteiger partial charge on any atom is -0.383 e. The molecule has 1 heterocycles. The van der Waals surface area contributed by atoms with Crippen LogP contribution in [0.4, 0.5) is 0 Å². The molecule has 0 bridgehead atoms. The molecule has 1 aromatic carbocycles. The van der Waals surface area contributed by atoms with Gasteiger partial charge in [0.1, 0.15) is 6.04 Å². The first-order valence-electron chi connectivity index (χ1n) is 6.98.